The number of anilines is 1. The van der Waals surface area contributed by atoms with Crippen molar-refractivity contribution in [2.24, 2.45) is 0 Å². The zero-order valence-corrected chi connectivity index (χ0v) is 12.4. The molecule has 0 radical (unpaired) electrons. The molecule has 2 heterocycles. The van der Waals surface area contributed by atoms with Crippen molar-refractivity contribution in [3.8, 4) is 0 Å². The molecule has 0 saturated heterocycles. The molecule has 6 heteroatoms. The number of nitrogens with two attached hydrogens (primary N) is 1. The van der Waals surface area contributed by atoms with Crippen LogP contribution >= 0.6 is 34.5 Å². The Morgan fingerprint density at radius 1 is 1.32 bits per heavy atom. The summed E-state index contributed by atoms with van der Waals surface area (Å²) in [7, 11) is 0. The first kappa shape index (κ1) is 12.8. The molecular weight excluding hydrogens is 301 g/mol. The second kappa shape index (κ2) is 4.71. The smallest absolute Gasteiger partial charge is 0.201 e. The van der Waals surface area contributed by atoms with Crippen molar-refractivity contribution >= 4 is 51.5 Å². The molecule has 2 N–H and O–H groups in total. The van der Waals surface area contributed by atoms with E-state index in [1.165, 1.54) is 5.56 Å². The molecular formula is C13H11Cl2N3S. The van der Waals surface area contributed by atoms with Crippen LogP contribution < -0.4 is 5.73 Å². The minimum absolute atomic E-state index is 0.105. The predicted molar refractivity (Wildman–Crippen MR) is 82.3 cm³/mol. The van der Waals surface area contributed by atoms with Crippen LogP contribution in [0.1, 0.15) is 18.5 Å². The molecule has 1 aromatic carbocycles. The maximum absolute atomic E-state index is 6.09. The van der Waals surface area contributed by atoms with Gasteiger partial charge in [0.1, 0.15) is 0 Å². The number of fused-ring (bicyclic) bond motifs is 1. The SMILES string of the molecule is CC(c1ccsc1)n1c(N)nc2cc(Cl)c(Cl)cc21. The summed E-state index contributed by atoms with van der Waals surface area (Å²) in [5.41, 5.74) is 8.88. The first-order valence-corrected chi connectivity index (χ1v) is 7.42. The first-order valence-electron chi connectivity index (χ1n) is 5.72. The van der Waals surface area contributed by atoms with Crippen molar-refractivity contribution in [1.82, 2.24) is 9.55 Å². The fraction of sp³-hybridized carbons (Fsp3) is 0.154. The van der Waals surface area contributed by atoms with Crippen molar-refractivity contribution in [2.45, 2.75) is 13.0 Å². The van der Waals surface area contributed by atoms with E-state index in [-0.39, 0.29) is 6.04 Å². The Bertz CT molecular complexity index is 734. The summed E-state index contributed by atoms with van der Waals surface area (Å²) in [6, 6.07) is 5.74. The summed E-state index contributed by atoms with van der Waals surface area (Å²) in [5, 5.41) is 5.15. The minimum Gasteiger partial charge on any atom is -0.369 e. The zero-order valence-electron chi connectivity index (χ0n) is 10.1. The zero-order chi connectivity index (χ0) is 13.6. The first-order chi connectivity index (χ1) is 9.08. The molecule has 0 spiro atoms. The highest BCUT2D eigenvalue weighted by Crippen LogP contribution is 2.33. The van der Waals surface area contributed by atoms with Crippen LogP contribution in [0.4, 0.5) is 5.95 Å². The van der Waals surface area contributed by atoms with Crippen LogP contribution in [0.5, 0.6) is 0 Å². The van der Waals surface area contributed by atoms with Gasteiger partial charge in [0.15, 0.2) is 0 Å². The molecule has 2 aromatic heterocycles. The average Bonchev–Trinajstić information content (AvgIpc) is 2.97. The van der Waals surface area contributed by atoms with Gasteiger partial charge in [-0.05, 0) is 41.4 Å². The third kappa shape index (κ3) is 2.10. The molecule has 0 amide bonds. The van der Waals surface area contributed by atoms with E-state index in [1.54, 1.807) is 17.4 Å². The van der Waals surface area contributed by atoms with Gasteiger partial charge < -0.3 is 10.3 Å². The molecule has 3 rings (SSSR count). The lowest BCUT2D eigenvalue weighted by atomic mass is 10.1. The number of nitrogen functional groups attached to an aromatic ring is 1. The second-order valence-corrected chi connectivity index (χ2v) is 5.92. The standard InChI is InChI=1S/C13H11Cl2N3S/c1-7(8-2-3-19-6-8)18-12-5-10(15)9(14)4-11(12)17-13(18)16/h2-7H,1H3,(H2,16,17). The summed E-state index contributed by atoms with van der Waals surface area (Å²) in [6.07, 6.45) is 0. The summed E-state index contributed by atoms with van der Waals surface area (Å²) < 4.78 is 1.97. The number of halogens is 2. The van der Waals surface area contributed by atoms with Crippen molar-refractivity contribution in [3.05, 3.63) is 44.6 Å². The minimum atomic E-state index is 0.105. The van der Waals surface area contributed by atoms with Crippen molar-refractivity contribution in [2.75, 3.05) is 5.73 Å². The summed E-state index contributed by atoms with van der Waals surface area (Å²) >= 11 is 13.8. The Hall–Kier alpha value is -1.23. The van der Waals surface area contributed by atoms with E-state index in [9.17, 15) is 0 Å². The van der Waals surface area contributed by atoms with E-state index in [0.29, 0.717) is 16.0 Å². The number of nitrogens with zero attached hydrogens (tertiary/aromatic N) is 2. The quantitative estimate of drug-likeness (QED) is 0.752. The van der Waals surface area contributed by atoms with Crippen LogP contribution in [-0.2, 0) is 0 Å². The Kier molecular flexibility index (Phi) is 3.17. The third-order valence-electron chi connectivity index (χ3n) is 3.17. The van der Waals surface area contributed by atoms with Gasteiger partial charge in [0.2, 0.25) is 5.95 Å². The highest BCUT2D eigenvalue weighted by atomic mass is 35.5. The van der Waals surface area contributed by atoms with Crippen LogP contribution in [-0.4, -0.2) is 9.55 Å². The van der Waals surface area contributed by atoms with E-state index < -0.39 is 0 Å². The molecule has 98 valence electrons. The largest absolute Gasteiger partial charge is 0.369 e. The monoisotopic (exact) mass is 311 g/mol. The normalized spacial score (nSPS) is 13.0. The molecule has 0 aliphatic heterocycles. The lowest BCUT2D eigenvalue weighted by Crippen LogP contribution is -2.09. The molecule has 0 aliphatic rings. The van der Waals surface area contributed by atoms with Crippen LogP contribution in [0.3, 0.4) is 0 Å². The molecule has 0 saturated carbocycles. The lowest BCUT2D eigenvalue weighted by molar-refractivity contribution is 0.670. The molecule has 19 heavy (non-hydrogen) atoms. The maximum Gasteiger partial charge on any atom is 0.201 e. The fourth-order valence-corrected chi connectivity index (χ4v) is 3.24. The van der Waals surface area contributed by atoms with E-state index in [2.05, 4.69) is 23.4 Å². The molecule has 0 fully saturated rings. The average molecular weight is 312 g/mol. The molecule has 0 bridgehead atoms. The molecule has 1 atom stereocenters. The van der Waals surface area contributed by atoms with Crippen molar-refractivity contribution in [1.29, 1.82) is 0 Å². The van der Waals surface area contributed by atoms with Crippen molar-refractivity contribution < 1.29 is 0 Å². The van der Waals surface area contributed by atoms with Gasteiger partial charge in [-0.2, -0.15) is 11.3 Å². The number of thiophene rings is 1. The predicted octanol–water partition coefficient (Wildman–Crippen LogP) is 4.60. The third-order valence-corrected chi connectivity index (χ3v) is 4.60. The Balaban J connectivity index is 2.23. The van der Waals surface area contributed by atoms with Gasteiger partial charge in [0.25, 0.3) is 0 Å². The van der Waals surface area contributed by atoms with E-state index in [1.807, 2.05) is 16.0 Å². The van der Waals surface area contributed by atoms with Gasteiger partial charge in [-0.1, -0.05) is 23.2 Å². The van der Waals surface area contributed by atoms with Crippen LogP contribution in [0, 0.1) is 0 Å². The number of hydrogen-bond donors (Lipinski definition) is 1. The highest BCUT2D eigenvalue weighted by molar-refractivity contribution is 7.07. The number of rotatable bonds is 2. The molecule has 3 aromatic rings. The summed E-state index contributed by atoms with van der Waals surface area (Å²) in [5.74, 6) is 0.465. The Morgan fingerprint density at radius 3 is 2.74 bits per heavy atom. The van der Waals surface area contributed by atoms with E-state index in [4.69, 9.17) is 28.9 Å². The van der Waals surface area contributed by atoms with Crippen LogP contribution in [0.15, 0.2) is 29.0 Å². The van der Waals surface area contributed by atoms with Gasteiger partial charge in [-0.15, -0.1) is 0 Å². The van der Waals surface area contributed by atoms with E-state index in [0.717, 1.165) is 11.0 Å². The highest BCUT2D eigenvalue weighted by Gasteiger charge is 2.17. The second-order valence-electron chi connectivity index (χ2n) is 4.33. The topological polar surface area (TPSA) is 43.8 Å². The van der Waals surface area contributed by atoms with Gasteiger partial charge in [0, 0.05) is 0 Å². The Labute approximate surface area is 124 Å². The number of benzene rings is 1. The molecule has 1 unspecified atom stereocenters. The molecule has 0 aliphatic carbocycles. The lowest BCUT2D eigenvalue weighted by Gasteiger charge is -2.15. The fourth-order valence-electron chi connectivity index (χ4n) is 2.18. The Morgan fingerprint density at radius 2 is 2.05 bits per heavy atom. The molecule has 3 nitrogen and oxygen atoms in total. The van der Waals surface area contributed by atoms with E-state index >= 15 is 0 Å². The van der Waals surface area contributed by atoms with Gasteiger partial charge in [0.05, 0.1) is 27.1 Å². The van der Waals surface area contributed by atoms with Crippen LogP contribution in [0.25, 0.3) is 11.0 Å². The maximum atomic E-state index is 6.09. The number of imidazole rings is 1. The number of aromatic nitrogens is 2. The van der Waals surface area contributed by atoms with Gasteiger partial charge in [-0.25, -0.2) is 4.98 Å². The van der Waals surface area contributed by atoms with Crippen molar-refractivity contribution in [3.63, 3.8) is 0 Å². The van der Waals surface area contributed by atoms with Gasteiger partial charge in [-0.3, -0.25) is 0 Å². The summed E-state index contributed by atoms with van der Waals surface area (Å²) in [6.45, 7) is 2.09. The van der Waals surface area contributed by atoms with Gasteiger partial charge >= 0.3 is 0 Å². The number of hydrogen-bond acceptors (Lipinski definition) is 3. The summed E-state index contributed by atoms with van der Waals surface area (Å²) in [4.78, 5) is 4.35. The van der Waals surface area contributed by atoms with Crippen LogP contribution in [0.2, 0.25) is 10.0 Å².